The van der Waals surface area contributed by atoms with E-state index >= 15 is 0 Å². The molecule has 0 spiro atoms. The van der Waals surface area contributed by atoms with Gasteiger partial charge in [0.1, 0.15) is 22.8 Å². The highest BCUT2D eigenvalue weighted by Crippen LogP contribution is 2.55. The Kier molecular flexibility index (Phi) is 4.39. The highest BCUT2D eigenvalue weighted by atomic mass is 16.4. The number of allylic oxidation sites excluding steroid dienone is 1. The lowest BCUT2D eigenvalue weighted by Crippen LogP contribution is -2.62. The molecule has 31 heavy (non-hydrogen) atoms. The van der Waals surface area contributed by atoms with Gasteiger partial charge in [-0.1, -0.05) is 25.6 Å². The Morgan fingerprint density at radius 2 is 1.90 bits per heavy atom. The van der Waals surface area contributed by atoms with Crippen molar-refractivity contribution < 1.29 is 39.9 Å². The van der Waals surface area contributed by atoms with Crippen LogP contribution in [0.25, 0.3) is 6.08 Å². The molecule has 0 saturated carbocycles. The van der Waals surface area contributed by atoms with Crippen LogP contribution in [-0.2, 0) is 9.59 Å². The Morgan fingerprint density at radius 1 is 1.26 bits per heavy atom. The molecule has 7 N–H and O–H groups in total. The second kappa shape index (κ2) is 6.53. The number of phenolic OH excluding ortho intramolecular Hbond substituents is 1. The van der Waals surface area contributed by atoms with Gasteiger partial charge in [0.05, 0.1) is 11.7 Å². The maximum atomic E-state index is 13.3. The van der Waals surface area contributed by atoms with E-state index in [0.717, 1.165) is 0 Å². The zero-order valence-electron chi connectivity index (χ0n) is 16.5. The molecule has 1 amide bonds. The van der Waals surface area contributed by atoms with Crippen LogP contribution in [0.4, 0.5) is 0 Å². The van der Waals surface area contributed by atoms with E-state index in [2.05, 4.69) is 6.58 Å². The fraction of sp³-hybridized carbons (Fsp3) is 0.318. The summed E-state index contributed by atoms with van der Waals surface area (Å²) >= 11 is 0. The van der Waals surface area contributed by atoms with Crippen LogP contribution in [0.15, 0.2) is 41.4 Å². The Morgan fingerprint density at radius 3 is 2.48 bits per heavy atom. The number of hydrogen-bond donors (Lipinski definition) is 6. The number of ketones is 2. The fourth-order valence-electron chi connectivity index (χ4n) is 5.29. The molecule has 162 valence electrons. The summed E-state index contributed by atoms with van der Waals surface area (Å²) in [6.07, 6.45) is -0.582. The van der Waals surface area contributed by atoms with Gasteiger partial charge in [-0.15, -0.1) is 0 Å². The topological polar surface area (TPSA) is 178 Å². The van der Waals surface area contributed by atoms with Gasteiger partial charge in [-0.3, -0.25) is 14.4 Å². The smallest absolute Gasteiger partial charge is 0.255 e. The Balaban J connectivity index is 2.03. The van der Waals surface area contributed by atoms with E-state index in [1.165, 1.54) is 12.1 Å². The minimum atomic E-state index is -2.83. The number of phenols is 1. The summed E-state index contributed by atoms with van der Waals surface area (Å²) < 4.78 is 0. The molecule has 0 aliphatic heterocycles. The molecule has 4 rings (SSSR count). The third kappa shape index (κ3) is 2.41. The monoisotopic (exact) mass is 427 g/mol. The molecule has 9 heteroatoms. The van der Waals surface area contributed by atoms with Crippen molar-refractivity contribution in [1.29, 1.82) is 0 Å². The largest absolute Gasteiger partial charge is 0.511 e. The lowest BCUT2D eigenvalue weighted by atomic mass is 9.56. The predicted molar refractivity (Wildman–Crippen MR) is 107 cm³/mol. The average Bonchev–Trinajstić information content (AvgIpc) is 2.70. The van der Waals surface area contributed by atoms with E-state index < -0.39 is 76.0 Å². The zero-order chi connectivity index (χ0) is 23.0. The molecule has 0 fully saturated rings. The number of aliphatic hydroxyl groups excluding tert-OH is 3. The SMILES string of the molecule is C=Cc1ccc(O)c2c1[C@H](C)[C@@H]1C(=C(O)[C@]3(O)C(=O)C(C(N)=O)=C(O)C[C@@H]3[C@H]1O)C2=O. The number of rotatable bonds is 2. The summed E-state index contributed by atoms with van der Waals surface area (Å²) in [6, 6.07) is 2.84. The summed E-state index contributed by atoms with van der Waals surface area (Å²) in [5, 5.41) is 53.9. The van der Waals surface area contributed by atoms with Crippen molar-refractivity contribution in [3.63, 3.8) is 0 Å². The molecule has 3 aliphatic carbocycles. The minimum Gasteiger partial charge on any atom is -0.511 e. The summed E-state index contributed by atoms with van der Waals surface area (Å²) in [5.74, 6) is -8.79. The van der Waals surface area contributed by atoms with E-state index in [1.807, 2.05) is 0 Å². The second-order valence-corrected chi connectivity index (χ2v) is 8.16. The minimum absolute atomic E-state index is 0.131. The number of carbonyl (C=O) groups excluding carboxylic acids is 3. The zero-order valence-corrected chi connectivity index (χ0v) is 16.5. The van der Waals surface area contributed by atoms with Crippen LogP contribution in [0, 0.1) is 11.8 Å². The highest BCUT2D eigenvalue weighted by Gasteiger charge is 2.64. The standard InChI is InChI=1S/C22H21NO8/c1-3-8-4-5-10(24)14-12(8)7(2)13-16(18(14)27)20(29)22(31)9(17(13)26)6-11(25)15(19(22)28)21(23)30/h3-5,7,9,13,17,24-26,29,31H,1,6H2,2H3,(H2,23,30)/t7-,9+,13+,17+,22+/m0/s1. The van der Waals surface area contributed by atoms with Gasteiger partial charge in [-0.25, -0.2) is 0 Å². The lowest BCUT2D eigenvalue weighted by molar-refractivity contribution is -0.154. The first-order valence-corrected chi connectivity index (χ1v) is 9.62. The van der Waals surface area contributed by atoms with Gasteiger partial charge in [0.2, 0.25) is 5.78 Å². The maximum absolute atomic E-state index is 13.3. The van der Waals surface area contributed by atoms with Crippen molar-refractivity contribution >= 4 is 23.5 Å². The summed E-state index contributed by atoms with van der Waals surface area (Å²) in [5.41, 5.74) is 1.80. The van der Waals surface area contributed by atoms with Crippen LogP contribution in [0.3, 0.4) is 0 Å². The number of nitrogens with two attached hydrogens (primary N) is 1. The van der Waals surface area contributed by atoms with Gasteiger partial charge >= 0.3 is 0 Å². The van der Waals surface area contributed by atoms with Crippen LogP contribution < -0.4 is 5.73 Å². The molecule has 0 aromatic heterocycles. The highest BCUT2D eigenvalue weighted by molar-refractivity contribution is 6.24. The number of fused-ring (bicyclic) bond motifs is 3. The number of aromatic hydroxyl groups is 1. The quantitative estimate of drug-likeness (QED) is 0.374. The Hall–Kier alpha value is -3.43. The van der Waals surface area contributed by atoms with E-state index in [1.54, 1.807) is 13.0 Å². The van der Waals surface area contributed by atoms with Gasteiger partial charge in [0.25, 0.3) is 5.91 Å². The van der Waals surface area contributed by atoms with Gasteiger partial charge in [-0.2, -0.15) is 0 Å². The van der Waals surface area contributed by atoms with Crippen LogP contribution in [0.1, 0.15) is 40.7 Å². The van der Waals surface area contributed by atoms with Crippen molar-refractivity contribution in [2.24, 2.45) is 17.6 Å². The Labute approximate surface area is 176 Å². The molecule has 3 aliphatic rings. The van der Waals surface area contributed by atoms with Crippen LogP contribution in [-0.4, -0.2) is 54.7 Å². The van der Waals surface area contributed by atoms with Crippen molar-refractivity contribution in [2.75, 3.05) is 0 Å². The Bertz CT molecular complexity index is 1150. The van der Waals surface area contributed by atoms with E-state index in [-0.39, 0.29) is 11.3 Å². The molecule has 1 aromatic rings. The lowest BCUT2D eigenvalue weighted by Gasteiger charge is -2.50. The molecule has 0 radical (unpaired) electrons. The first-order valence-electron chi connectivity index (χ1n) is 9.62. The van der Waals surface area contributed by atoms with Crippen LogP contribution in [0.5, 0.6) is 5.75 Å². The van der Waals surface area contributed by atoms with Gasteiger partial charge in [0.15, 0.2) is 11.4 Å². The molecule has 5 atom stereocenters. The third-order valence-corrected chi connectivity index (χ3v) is 6.73. The molecular formula is C22H21NO8. The third-order valence-electron chi connectivity index (χ3n) is 6.73. The molecule has 9 nitrogen and oxygen atoms in total. The van der Waals surface area contributed by atoms with Gasteiger partial charge < -0.3 is 31.3 Å². The van der Waals surface area contributed by atoms with Crippen molar-refractivity contribution in [2.45, 2.75) is 31.0 Å². The molecular weight excluding hydrogens is 406 g/mol. The molecule has 1 aromatic carbocycles. The summed E-state index contributed by atoms with van der Waals surface area (Å²) in [4.78, 5) is 37.9. The number of aliphatic hydroxyl groups is 4. The van der Waals surface area contributed by atoms with E-state index in [9.17, 15) is 39.9 Å². The van der Waals surface area contributed by atoms with E-state index in [4.69, 9.17) is 5.73 Å². The van der Waals surface area contributed by atoms with Gasteiger partial charge in [-0.05, 0) is 23.1 Å². The number of amides is 1. The molecule has 0 heterocycles. The second-order valence-electron chi connectivity index (χ2n) is 8.16. The number of primary amides is 1. The summed E-state index contributed by atoms with van der Waals surface area (Å²) in [7, 11) is 0. The number of hydrogen-bond acceptors (Lipinski definition) is 8. The van der Waals surface area contributed by atoms with Crippen LogP contribution >= 0.6 is 0 Å². The number of Topliss-reactive ketones (excluding diaryl/α,β-unsaturated/α-hetero) is 2. The molecule has 0 bridgehead atoms. The summed E-state index contributed by atoms with van der Waals surface area (Å²) in [6.45, 7) is 5.37. The normalized spacial score (nSPS) is 32.4. The van der Waals surface area contributed by atoms with Crippen molar-refractivity contribution in [3.8, 4) is 5.75 Å². The first-order chi connectivity index (χ1) is 14.5. The number of benzene rings is 1. The van der Waals surface area contributed by atoms with Crippen molar-refractivity contribution in [3.05, 3.63) is 58.1 Å². The first kappa shape index (κ1) is 20.8. The maximum Gasteiger partial charge on any atom is 0.255 e. The average molecular weight is 427 g/mol. The number of carbonyl (C=O) groups is 3. The van der Waals surface area contributed by atoms with Gasteiger partial charge in [0, 0.05) is 23.8 Å². The van der Waals surface area contributed by atoms with Crippen molar-refractivity contribution in [1.82, 2.24) is 0 Å². The molecule has 0 unspecified atom stereocenters. The van der Waals surface area contributed by atoms with E-state index in [0.29, 0.717) is 11.1 Å². The predicted octanol–water partition coefficient (Wildman–Crippen LogP) is 0.755. The fourth-order valence-corrected chi connectivity index (χ4v) is 5.29. The molecule has 0 saturated heterocycles. The van der Waals surface area contributed by atoms with Crippen LogP contribution in [0.2, 0.25) is 0 Å².